The summed E-state index contributed by atoms with van der Waals surface area (Å²) in [6, 6.07) is 11.3. The molecule has 0 unspecified atom stereocenters. The molecule has 3 aromatic rings. The standard InChI is InChI=1S/C23H27N7O3.C2HF3O2.CHF3.CH2O2/c1-13(2)29-22-23(33)30(19(11-28-22)16-7-17(24)9-18(31)8-16)12-20(32)27-10-14-3-5-15(6-4-14)21(25)26;3-2(4,5)1(6)7;2-1(3)4;2-1-3/h3-9,11,13,31H,10,12,24H2,1-2H3,(H3,25,26)(H,27,32)(H,28,29);(H,6,7);1H;1H,(H,2,3). The third kappa shape index (κ3) is 16.2. The van der Waals surface area contributed by atoms with Crippen LogP contribution in [0.1, 0.15) is 25.0 Å². The molecule has 0 bridgehead atoms. The average molecular weight is 680 g/mol. The highest BCUT2D eigenvalue weighted by molar-refractivity contribution is 5.94. The number of carbonyl (C=O) groups is 3. The number of amides is 1. The Morgan fingerprint density at radius 1 is 1.11 bits per heavy atom. The molecule has 1 amide bonds. The number of nitrogen functional groups attached to an aromatic ring is 2. The number of benzene rings is 2. The molecule has 0 atom stereocenters. The first-order valence-corrected chi connectivity index (χ1v) is 12.7. The van der Waals surface area contributed by atoms with Gasteiger partial charge in [0.1, 0.15) is 18.1 Å². The Morgan fingerprint density at radius 3 is 2.04 bits per heavy atom. The quantitative estimate of drug-likeness (QED) is 0.0565. The predicted octanol–water partition coefficient (Wildman–Crippen LogP) is 3.13. The van der Waals surface area contributed by atoms with E-state index < -0.39 is 24.4 Å². The number of amidine groups is 1. The van der Waals surface area contributed by atoms with E-state index in [1.165, 1.54) is 22.9 Å². The number of carbonyl (C=O) groups excluding carboxylic acids is 1. The van der Waals surface area contributed by atoms with Crippen molar-refractivity contribution in [3.05, 3.63) is 70.1 Å². The largest absolute Gasteiger partial charge is 0.508 e. The van der Waals surface area contributed by atoms with Gasteiger partial charge in [0.2, 0.25) is 5.91 Å². The summed E-state index contributed by atoms with van der Waals surface area (Å²) in [6.07, 6.45) is -3.62. The molecule has 0 aliphatic rings. The lowest BCUT2D eigenvalue weighted by Gasteiger charge is -2.16. The maximum absolute atomic E-state index is 13.1. The van der Waals surface area contributed by atoms with Crippen molar-refractivity contribution < 1.29 is 56.0 Å². The van der Waals surface area contributed by atoms with Gasteiger partial charge in [0.05, 0.1) is 11.9 Å². The molecule has 47 heavy (non-hydrogen) atoms. The highest BCUT2D eigenvalue weighted by Crippen LogP contribution is 2.26. The summed E-state index contributed by atoms with van der Waals surface area (Å²) in [7, 11) is 0. The van der Waals surface area contributed by atoms with E-state index in [4.69, 9.17) is 36.7 Å². The zero-order chi connectivity index (χ0) is 36.5. The number of hydrogen-bond donors (Lipinski definition) is 8. The molecular formula is C27H31F6N7O7. The Morgan fingerprint density at radius 2 is 1.62 bits per heavy atom. The third-order valence-corrected chi connectivity index (χ3v) is 5.01. The smallest absolute Gasteiger partial charge is 0.490 e. The number of phenolic OH excluding ortho intramolecular Hbond substituents is 1. The van der Waals surface area contributed by atoms with Gasteiger partial charge in [-0.25, -0.2) is 9.78 Å². The number of hydrogen-bond acceptors (Lipinski definition) is 9. The Kier molecular flexibility index (Phi) is 17.1. The minimum Gasteiger partial charge on any atom is -0.508 e. The Bertz CT molecular complexity index is 1530. The van der Waals surface area contributed by atoms with Crippen LogP contribution in [-0.2, 0) is 27.5 Å². The number of nitrogens with two attached hydrogens (primary N) is 2. The van der Waals surface area contributed by atoms with Crippen LogP contribution in [-0.4, -0.2) is 68.0 Å². The summed E-state index contributed by atoms with van der Waals surface area (Å²) in [5.74, 6) is -3.12. The molecule has 0 fully saturated rings. The second-order valence-corrected chi connectivity index (χ2v) is 9.04. The van der Waals surface area contributed by atoms with Crippen molar-refractivity contribution in [2.24, 2.45) is 5.73 Å². The van der Waals surface area contributed by atoms with Gasteiger partial charge in [-0.05, 0) is 31.5 Å². The lowest BCUT2D eigenvalue weighted by atomic mass is 10.1. The SMILES string of the molecule is CC(C)Nc1ncc(-c2cc(N)cc(O)c2)n(CC(=O)NCc2ccc(C(=N)N)cc2)c1=O.FC(F)F.O=C(O)C(F)(F)F.O=CO. The molecule has 1 heterocycles. The van der Waals surface area contributed by atoms with E-state index in [-0.39, 0.29) is 48.9 Å². The van der Waals surface area contributed by atoms with E-state index in [1.807, 2.05) is 13.8 Å². The molecule has 258 valence electrons. The van der Waals surface area contributed by atoms with Crippen molar-refractivity contribution >= 4 is 35.7 Å². The number of anilines is 2. The van der Waals surface area contributed by atoms with Gasteiger partial charge in [-0.3, -0.25) is 24.4 Å². The second kappa shape index (κ2) is 19.5. The van der Waals surface area contributed by atoms with E-state index in [9.17, 15) is 41.0 Å². The molecule has 20 heteroatoms. The number of phenols is 1. The summed E-state index contributed by atoms with van der Waals surface area (Å²) >= 11 is 0. The fraction of sp³-hybridized carbons (Fsp3) is 0.259. The van der Waals surface area contributed by atoms with Gasteiger partial charge in [-0.15, -0.1) is 0 Å². The number of aliphatic carboxylic acids is 1. The number of aromatic nitrogens is 2. The summed E-state index contributed by atoms with van der Waals surface area (Å²) in [4.78, 5) is 47.3. The molecule has 0 saturated heterocycles. The van der Waals surface area contributed by atoms with Crippen molar-refractivity contribution in [3.63, 3.8) is 0 Å². The molecular weight excluding hydrogens is 648 g/mol. The van der Waals surface area contributed by atoms with E-state index >= 15 is 0 Å². The topological polar surface area (TPSA) is 247 Å². The Balaban J connectivity index is 0.00000127. The van der Waals surface area contributed by atoms with Crippen molar-refractivity contribution in [1.29, 1.82) is 5.41 Å². The molecule has 0 saturated carbocycles. The van der Waals surface area contributed by atoms with Gasteiger partial charge in [0.25, 0.3) is 12.0 Å². The number of alkyl halides is 6. The molecule has 0 aliphatic carbocycles. The van der Waals surface area contributed by atoms with Crippen LogP contribution in [0.2, 0.25) is 0 Å². The zero-order valence-corrected chi connectivity index (χ0v) is 24.6. The van der Waals surface area contributed by atoms with Gasteiger partial charge < -0.3 is 37.4 Å². The average Bonchev–Trinajstić information content (AvgIpc) is 2.93. The van der Waals surface area contributed by atoms with Crippen LogP contribution in [0, 0.1) is 5.41 Å². The van der Waals surface area contributed by atoms with Crippen molar-refractivity contribution in [3.8, 4) is 17.0 Å². The van der Waals surface area contributed by atoms with Crippen LogP contribution in [0.15, 0.2) is 53.5 Å². The van der Waals surface area contributed by atoms with Gasteiger partial charge in [0.15, 0.2) is 5.82 Å². The number of carboxylic acids is 1. The normalized spacial score (nSPS) is 10.3. The Hall–Kier alpha value is -5.82. The lowest BCUT2D eigenvalue weighted by molar-refractivity contribution is -0.192. The first-order chi connectivity index (χ1) is 21.7. The van der Waals surface area contributed by atoms with Gasteiger partial charge in [-0.1, -0.05) is 24.3 Å². The third-order valence-electron chi connectivity index (χ3n) is 5.01. The molecule has 1 aromatic heterocycles. The molecule has 10 N–H and O–H groups in total. The molecule has 0 radical (unpaired) electrons. The Labute approximate surface area is 262 Å². The van der Waals surface area contributed by atoms with Gasteiger partial charge in [-0.2, -0.15) is 26.3 Å². The van der Waals surface area contributed by atoms with Crippen molar-refractivity contribution in [2.75, 3.05) is 11.1 Å². The van der Waals surface area contributed by atoms with E-state index in [0.29, 0.717) is 22.5 Å². The summed E-state index contributed by atoms with van der Waals surface area (Å²) in [5, 5.41) is 37.2. The minimum atomic E-state index is -5.08. The maximum Gasteiger partial charge on any atom is 0.490 e. The number of nitrogens with one attached hydrogen (secondary N) is 3. The monoisotopic (exact) mass is 679 g/mol. The van der Waals surface area contributed by atoms with Crippen LogP contribution in [0.3, 0.4) is 0 Å². The number of aromatic hydroxyl groups is 1. The van der Waals surface area contributed by atoms with Crippen molar-refractivity contribution in [2.45, 2.75) is 45.8 Å². The first-order valence-electron chi connectivity index (χ1n) is 12.7. The van der Waals surface area contributed by atoms with Gasteiger partial charge in [0, 0.05) is 35.5 Å². The van der Waals surface area contributed by atoms with Crippen LogP contribution in [0.5, 0.6) is 5.75 Å². The van der Waals surface area contributed by atoms with E-state index in [2.05, 4.69) is 15.6 Å². The molecule has 2 aromatic carbocycles. The molecule has 3 rings (SSSR count). The zero-order valence-electron chi connectivity index (χ0n) is 24.6. The number of nitrogens with zero attached hydrogens (tertiary/aromatic N) is 2. The minimum absolute atomic E-state index is 0.0337. The number of rotatable bonds is 8. The predicted molar refractivity (Wildman–Crippen MR) is 158 cm³/mol. The fourth-order valence-corrected chi connectivity index (χ4v) is 3.23. The molecule has 14 nitrogen and oxygen atoms in total. The van der Waals surface area contributed by atoms with Gasteiger partial charge >= 0.3 is 18.8 Å². The number of carboxylic acid groups (broad SMARTS) is 2. The van der Waals surface area contributed by atoms with Crippen LogP contribution in [0.25, 0.3) is 11.3 Å². The summed E-state index contributed by atoms with van der Waals surface area (Å²) in [6.45, 7) is -0.189. The van der Waals surface area contributed by atoms with Crippen molar-refractivity contribution in [1.82, 2.24) is 14.9 Å². The maximum atomic E-state index is 13.1. The lowest BCUT2D eigenvalue weighted by Crippen LogP contribution is -2.35. The first kappa shape index (κ1) is 41.2. The fourth-order valence-electron chi connectivity index (χ4n) is 3.23. The molecule has 0 spiro atoms. The molecule has 0 aliphatic heterocycles. The van der Waals surface area contributed by atoms with Crippen LogP contribution in [0.4, 0.5) is 37.8 Å². The van der Waals surface area contributed by atoms with E-state index in [0.717, 1.165) is 5.56 Å². The highest BCUT2D eigenvalue weighted by atomic mass is 19.4. The van der Waals surface area contributed by atoms with Crippen LogP contribution >= 0.6 is 0 Å². The highest BCUT2D eigenvalue weighted by Gasteiger charge is 2.38. The van der Waals surface area contributed by atoms with Crippen LogP contribution < -0.4 is 27.7 Å². The summed E-state index contributed by atoms with van der Waals surface area (Å²) < 4.78 is 62.0. The second-order valence-electron chi connectivity index (χ2n) is 9.04. The van der Waals surface area contributed by atoms with E-state index in [1.54, 1.807) is 30.3 Å². The number of halogens is 6. The summed E-state index contributed by atoms with van der Waals surface area (Å²) in [5.41, 5.74) is 13.4.